The summed E-state index contributed by atoms with van der Waals surface area (Å²) in [4.78, 5) is 23.9. The van der Waals surface area contributed by atoms with Gasteiger partial charge in [-0.2, -0.15) is 5.26 Å². The average Bonchev–Trinajstić information content (AvgIpc) is 3.05. The topological polar surface area (TPSA) is 104 Å². The molecule has 1 amide bonds. The monoisotopic (exact) mass is 429 g/mol. The quantitative estimate of drug-likeness (QED) is 0.438. The summed E-state index contributed by atoms with van der Waals surface area (Å²) in [6, 6.07) is 15.6. The van der Waals surface area contributed by atoms with Crippen LogP contribution in [0.25, 0.3) is 11.8 Å². The lowest BCUT2D eigenvalue weighted by Gasteiger charge is -2.13. The Balaban J connectivity index is 1.93. The highest BCUT2D eigenvalue weighted by Gasteiger charge is 2.16. The molecule has 0 unspecified atom stereocenters. The molecule has 7 nitrogen and oxygen atoms in total. The summed E-state index contributed by atoms with van der Waals surface area (Å²) in [5.41, 5.74) is 4.84. The van der Waals surface area contributed by atoms with Crippen LogP contribution in [0.1, 0.15) is 32.9 Å². The van der Waals surface area contributed by atoms with Gasteiger partial charge in [0.05, 0.1) is 12.7 Å². The zero-order chi connectivity index (χ0) is 23.4. The number of hydrogen-bond donors (Lipinski definition) is 2. The number of anilines is 1. The molecule has 0 fully saturated rings. The van der Waals surface area contributed by atoms with E-state index < -0.39 is 11.9 Å². The van der Waals surface area contributed by atoms with Crippen LogP contribution in [0.3, 0.4) is 0 Å². The number of aromatic nitrogens is 1. The number of amides is 1. The zero-order valence-corrected chi connectivity index (χ0v) is 18.3. The van der Waals surface area contributed by atoms with Crippen molar-refractivity contribution >= 4 is 23.6 Å². The molecule has 0 aliphatic carbocycles. The Morgan fingerprint density at radius 3 is 2.34 bits per heavy atom. The molecule has 0 aliphatic heterocycles. The van der Waals surface area contributed by atoms with Gasteiger partial charge in [-0.15, -0.1) is 0 Å². The number of aryl methyl sites for hydroxylation is 2. The van der Waals surface area contributed by atoms with Gasteiger partial charge in [0.2, 0.25) is 0 Å². The smallest absolute Gasteiger partial charge is 0.335 e. The molecule has 1 heterocycles. The SMILES string of the molecule is COc1ccc(NC(=O)C(C#N)=Cc2cc(C)n(-c3ccc(C(=O)O)cc3C)c2C)cc1. The molecule has 2 N–H and O–H groups in total. The number of aromatic carboxylic acids is 1. The Hall–Kier alpha value is -4.31. The number of nitriles is 1. The molecule has 0 saturated carbocycles. The lowest BCUT2D eigenvalue weighted by atomic mass is 10.1. The van der Waals surface area contributed by atoms with Crippen LogP contribution in [0.2, 0.25) is 0 Å². The van der Waals surface area contributed by atoms with Crippen molar-refractivity contribution in [2.24, 2.45) is 0 Å². The first kappa shape index (κ1) is 22.4. The van der Waals surface area contributed by atoms with E-state index in [1.165, 1.54) is 0 Å². The molecule has 0 radical (unpaired) electrons. The maximum absolute atomic E-state index is 12.6. The van der Waals surface area contributed by atoms with E-state index in [1.807, 2.05) is 37.5 Å². The molecule has 1 aromatic heterocycles. The van der Waals surface area contributed by atoms with Crippen LogP contribution >= 0.6 is 0 Å². The third-order valence-corrected chi connectivity index (χ3v) is 5.17. The molecule has 3 rings (SSSR count). The second kappa shape index (κ2) is 9.23. The first-order chi connectivity index (χ1) is 15.2. The fraction of sp³-hybridized carbons (Fsp3) is 0.160. The molecule has 7 heteroatoms. The summed E-state index contributed by atoms with van der Waals surface area (Å²) in [6.07, 6.45) is 1.55. The average molecular weight is 429 g/mol. The second-order valence-electron chi connectivity index (χ2n) is 7.32. The van der Waals surface area contributed by atoms with Crippen LogP contribution < -0.4 is 10.1 Å². The van der Waals surface area contributed by atoms with E-state index >= 15 is 0 Å². The maximum Gasteiger partial charge on any atom is 0.335 e. The van der Waals surface area contributed by atoms with Gasteiger partial charge >= 0.3 is 5.97 Å². The first-order valence-electron chi connectivity index (χ1n) is 9.85. The number of ether oxygens (including phenoxy) is 1. The highest BCUT2D eigenvalue weighted by Crippen LogP contribution is 2.26. The van der Waals surface area contributed by atoms with Crippen molar-refractivity contribution in [1.82, 2.24) is 4.57 Å². The summed E-state index contributed by atoms with van der Waals surface area (Å²) in [6.45, 7) is 5.65. The standard InChI is InChI=1S/C25H23N3O4/c1-15-11-18(25(30)31)5-10-23(15)28-16(2)12-19(17(28)3)13-20(14-26)24(29)27-21-6-8-22(32-4)9-7-21/h5-13H,1-4H3,(H,27,29)(H,30,31). The predicted molar refractivity (Wildman–Crippen MR) is 122 cm³/mol. The van der Waals surface area contributed by atoms with Gasteiger partial charge in [0, 0.05) is 22.8 Å². The van der Waals surface area contributed by atoms with Gasteiger partial charge in [0.1, 0.15) is 17.4 Å². The molecule has 0 aliphatic rings. The number of benzene rings is 2. The van der Waals surface area contributed by atoms with Crippen molar-refractivity contribution in [1.29, 1.82) is 5.26 Å². The van der Waals surface area contributed by atoms with Gasteiger partial charge in [-0.1, -0.05) is 0 Å². The summed E-state index contributed by atoms with van der Waals surface area (Å²) < 4.78 is 7.08. The Kier molecular flexibility index (Phi) is 6.45. The fourth-order valence-corrected chi connectivity index (χ4v) is 3.52. The van der Waals surface area contributed by atoms with Crippen LogP contribution in [0, 0.1) is 32.1 Å². The Morgan fingerprint density at radius 1 is 1.09 bits per heavy atom. The molecule has 0 atom stereocenters. The summed E-state index contributed by atoms with van der Waals surface area (Å²) in [5.74, 6) is -0.826. The van der Waals surface area contributed by atoms with Gasteiger partial charge < -0.3 is 19.7 Å². The minimum absolute atomic E-state index is 0.0287. The van der Waals surface area contributed by atoms with E-state index in [2.05, 4.69) is 5.32 Å². The Morgan fingerprint density at radius 2 is 1.78 bits per heavy atom. The van der Waals surface area contributed by atoms with E-state index in [4.69, 9.17) is 4.74 Å². The van der Waals surface area contributed by atoms with Crippen molar-refractivity contribution in [3.05, 3.63) is 82.2 Å². The number of nitrogens with one attached hydrogen (secondary N) is 1. The van der Waals surface area contributed by atoms with Crippen molar-refractivity contribution in [3.8, 4) is 17.5 Å². The normalized spacial score (nSPS) is 11.0. The maximum atomic E-state index is 12.6. The number of carboxylic acids is 1. The van der Waals surface area contributed by atoms with Gasteiger partial charge in [0.25, 0.3) is 5.91 Å². The number of nitrogens with zero attached hydrogens (tertiary/aromatic N) is 2. The van der Waals surface area contributed by atoms with E-state index in [0.29, 0.717) is 11.4 Å². The Labute approximate surface area is 186 Å². The van der Waals surface area contributed by atoms with Crippen molar-refractivity contribution in [3.63, 3.8) is 0 Å². The summed E-state index contributed by atoms with van der Waals surface area (Å²) in [5, 5.41) is 21.5. The van der Waals surface area contributed by atoms with Gasteiger partial charge in [-0.05, 0) is 86.5 Å². The zero-order valence-electron chi connectivity index (χ0n) is 18.3. The fourth-order valence-electron chi connectivity index (χ4n) is 3.52. The van der Waals surface area contributed by atoms with Crippen LogP contribution in [0.15, 0.2) is 54.1 Å². The van der Waals surface area contributed by atoms with Crippen LogP contribution in [-0.4, -0.2) is 28.7 Å². The molecule has 2 aromatic carbocycles. The first-order valence-corrected chi connectivity index (χ1v) is 9.85. The van der Waals surface area contributed by atoms with E-state index in [1.54, 1.807) is 55.7 Å². The number of carbonyl (C=O) groups is 2. The minimum atomic E-state index is -0.981. The largest absolute Gasteiger partial charge is 0.497 e. The molecular formula is C25H23N3O4. The number of carboxylic acid groups (broad SMARTS) is 1. The molecule has 32 heavy (non-hydrogen) atoms. The predicted octanol–water partition coefficient (Wildman–Crippen LogP) is 4.66. The van der Waals surface area contributed by atoms with Crippen LogP contribution in [0.5, 0.6) is 5.75 Å². The summed E-state index contributed by atoms with van der Waals surface area (Å²) >= 11 is 0. The van der Waals surface area contributed by atoms with Crippen LogP contribution in [-0.2, 0) is 4.79 Å². The summed E-state index contributed by atoms with van der Waals surface area (Å²) in [7, 11) is 1.56. The third-order valence-electron chi connectivity index (χ3n) is 5.17. The Bertz CT molecular complexity index is 1260. The van der Waals surface area contributed by atoms with E-state index in [-0.39, 0.29) is 11.1 Å². The van der Waals surface area contributed by atoms with Gasteiger partial charge in [0.15, 0.2) is 0 Å². The van der Waals surface area contributed by atoms with Crippen LogP contribution in [0.4, 0.5) is 5.69 Å². The second-order valence-corrected chi connectivity index (χ2v) is 7.32. The number of carbonyl (C=O) groups excluding carboxylic acids is 1. The number of hydrogen-bond acceptors (Lipinski definition) is 4. The van der Waals surface area contributed by atoms with Gasteiger partial charge in [-0.25, -0.2) is 4.79 Å². The van der Waals surface area contributed by atoms with Gasteiger partial charge in [-0.3, -0.25) is 4.79 Å². The molecule has 0 spiro atoms. The number of rotatable bonds is 6. The molecule has 3 aromatic rings. The van der Waals surface area contributed by atoms with E-state index in [0.717, 1.165) is 28.2 Å². The van der Waals surface area contributed by atoms with Crippen molar-refractivity contribution in [2.75, 3.05) is 12.4 Å². The van der Waals surface area contributed by atoms with Crippen molar-refractivity contribution < 1.29 is 19.4 Å². The minimum Gasteiger partial charge on any atom is -0.497 e. The molecular weight excluding hydrogens is 406 g/mol. The lowest BCUT2D eigenvalue weighted by Crippen LogP contribution is -2.13. The highest BCUT2D eigenvalue weighted by atomic mass is 16.5. The third kappa shape index (κ3) is 4.55. The van der Waals surface area contributed by atoms with Crippen molar-refractivity contribution in [2.45, 2.75) is 20.8 Å². The highest BCUT2D eigenvalue weighted by molar-refractivity contribution is 6.09. The van der Waals surface area contributed by atoms with E-state index in [9.17, 15) is 20.0 Å². The number of methoxy groups -OCH3 is 1. The molecule has 162 valence electrons. The molecule has 0 saturated heterocycles. The lowest BCUT2D eigenvalue weighted by molar-refractivity contribution is -0.112. The molecule has 0 bridgehead atoms.